The van der Waals surface area contributed by atoms with Crippen LogP contribution in [0.5, 0.6) is 0 Å². The van der Waals surface area contributed by atoms with Gasteiger partial charge in [-0.1, -0.05) is 92.7 Å². The molecule has 222 valence electrons. The summed E-state index contributed by atoms with van der Waals surface area (Å²) in [5, 5.41) is 5.71. The van der Waals surface area contributed by atoms with E-state index >= 15 is 0 Å². The highest BCUT2D eigenvalue weighted by molar-refractivity contribution is 7.23. The van der Waals surface area contributed by atoms with Crippen LogP contribution in [0, 0.1) is 5.92 Å². The van der Waals surface area contributed by atoms with E-state index in [4.69, 9.17) is 4.74 Å². The van der Waals surface area contributed by atoms with Crippen molar-refractivity contribution < 1.29 is 23.7 Å². The molecule has 0 fully saturated rings. The van der Waals surface area contributed by atoms with Gasteiger partial charge in [0, 0.05) is 18.7 Å². The van der Waals surface area contributed by atoms with Gasteiger partial charge in [0.1, 0.15) is 18.4 Å². The molecule has 0 saturated carbocycles. The number of carbonyl (C=O) groups is 3. The summed E-state index contributed by atoms with van der Waals surface area (Å²) in [5.74, 6) is -0.633. The molecule has 3 aromatic rings. The van der Waals surface area contributed by atoms with Gasteiger partial charge in [-0.3, -0.25) is 14.2 Å². The van der Waals surface area contributed by atoms with Crippen molar-refractivity contribution in [1.82, 2.24) is 10.2 Å². The molecule has 0 spiro atoms. The Labute approximate surface area is 250 Å². The average molecular weight is 590 g/mol. The fraction of sp³-hybridized carbons (Fsp3) is 0.364. The molecule has 0 unspecified atom stereocenters. The van der Waals surface area contributed by atoms with E-state index in [1.54, 1.807) is 12.1 Å². The van der Waals surface area contributed by atoms with Crippen LogP contribution in [0.25, 0.3) is 0 Å². The second-order valence-corrected chi connectivity index (χ2v) is 11.2. The first kappa shape index (κ1) is 32.5. The zero-order chi connectivity index (χ0) is 30.2. The van der Waals surface area contributed by atoms with Crippen molar-refractivity contribution in [3.63, 3.8) is 0 Å². The average Bonchev–Trinajstić information content (AvgIpc) is 2.99. The number of aryl methyl sites for hydroxylation is 1. The summed E-state index contributed by atoms with van der Waals surface area (Å²) < 4.78 is 17.4. The van der Waals surface area contributed by atoms with E-state index in [9.17, 15) is 18.9 Å². The van der Waals surface area contributed by atoms with Gasteiger partial charge in [0.05, 0.1) is 0 Å². The van der Waals surface area contributed by atoms with Crippen molar-refractivity contribution in [3.8, 4) is 0 Å². The van der Waals surface area contributed by atoms with Gasteiger partial charge >= 0.3 is 6.09 Å². The number of carbonyl (C=O) groups excluding carboxylic acids is 3. The fourth-order valence-corrected chi connectivity index (χ4v) is 5.54. The largest absolute Gasteiger partial charge is 0.445 e. The zero-order valence-corrected chi connectivity index (χ0v) is 25.2. The molecular weight excluding hydrogens is 549 g/mol. The Kier molecular flexibility index (Phi) is 13.2. The van der Waals surface area contributed by atoms with E-state index in [1.807, 2.05) is 92.7 Å². The smallest absolute Gasteiger partial charge is 0.407 e. The summed E-state index contributed by atoms with van der Waals surface area (Å²) in [5.41, 5.74) is 1.19. The number of alkyl carbamates (subject to hydrolysis) is 1. The van der Waals surface area contributed by atoms with Crippen molar-refractivity contribution in [2.24, 2.45) is 5.92 Å². The minimum absolute atomic E-state index is 0.0134. The molecule has 2 N–H and O–H groups in total. The Balaban J connectivity index is 1.81. The maximum atomic E-state index is 14.1. The lowest BCUT2D eigenvalue weighted by atomic mass is 9.82. The van der Waals surface area contributed by atoms with Gasteiger partial charge in [-0.15, -0.1) is 0 Å². The minimum Gasteiger partial charge on any atom is -0.445 e. The number of benzene rings is 3. The van der Waals surface area contributed by atoms with Crippen molar-refractivity contribution in [3.05, 3.63) is 102 Å². The molecule has 0 saturated heterocycles. The molecular formula is C33H40N3O5P. The Hall–Kier alpha value is -4.03. The maximum absolute atomic E-state index is 14.1. The Bertz CT molecular complexity index is 1270. The molecule has 0 aromatic heterocycles. The van der Waals surface area contributed by atoms with Gasteiger partial charge in [0.15, 0.2) is 8.46 Å². The number of nitrogens with one attached hydrogen (secondary N) is 2. The molecule has 42 heavy (non-hydrogen) atoms. The summed E-state index contributed by atoms with van der Waals surface area (Å²) in [7, 11) is -0.279. The van der Waals surface area contributed by atoms with E-state index in [0.29, 0.717) is 24.9 Å². The minimum atomic E-state index is -1.36. The monoisotopic (exact) mass is 589 g/mol. The van der Waals surface area contributed by atoms with Crippen LogP contribution >= 0.6 is 8.46 Å². The lowest BCUT2D eigenvalue weighted by Crippen LogP contribution is -2.60. The lowest BCUT2D eigenvalue weighted by Gasteiger charge is -2.43. The first-order valence-corrected chi connectivity index (χ1v) is 15.3. The van der Waals surface area contributed by atoms with Crippen LogP contribution in [0.3, 0.4) is 0 Å². The van der Waals surface area contributed by atoms with Crippen LogP contribution in [-0.4, -0.2) is 41.2 Å². The number of para-hydroxylation sites is 1. The predicted octanol–water partition coefficient (Wildman–Crippen LogP) is 6.83. The molecule has 1 atom stereocenters. The number of anilines is 1. The molecule has 3 amide bonds. The number of hydrogen-bond donors (Lipinski definition) is 2. The summed E-state index contributed by atoms with van der Waals surface area (Å²) >= 11 is 0. The first-order chi connectivity index (χ1) is 20.3. The van der Waals surface area contributed by atoms with Crippen LogP contribution in [-0.2, 0) is 31.9 Å². The van der Waals surface area contributed by atoms with E-state index in [-0.39, 0.29) is 58.5 Å². The fourth-order valence-electron chi connectivity index (χ4n) is 5.00. The van der Waals surface area contributed by atoms with Crippen molar-refractivity contribution >= 4 is 32.1 Å². The SMILES string of the molecule is CC(C)C[C@@](CCNC(=O)OCc1ccccc1)(C(=O)Nc1ccccc1)N(CP=O)C(=O)CCCc1ccccc1. The summed E-state index contributed by atoms with van der Waals surface area (Å²) in [6, 6.07) is 28.2. The molecule has 0 radical (unpaired) electrons. The molecule has 9 heteroatoms. The second-order valence-electron chi connectivity index (χ2n) is 10.6. The summed E-state index contributed by atoms with van der Waals surface area (Å²) in [4.78, 5) is 41.8. The van der Waals surface area contributed by atoms with Crippen LogP contribution in [0.1, 0.15) is 50.7 Å². The van der Waals surface area contributed by atoms with Crippen LogP contribution in [0.15, 0.2) is 91.0 Å². The third-order valence-electron chi connectivity index (χ3n) is 6.94. The Morgan fingerprint density at radius 1 is 0.881 bits per heavy atom. The van der Waals surface area contributed by atoms with Gasteiger partial charge in [0.2, 0.25) is 11.8 Å². The van der Waals surface area contributed by atoms with Crippen LogP contribution in [0.4, 0.5) is 10.5 Å². The summed E-state index contributed by atoms with van der Waals surface area (Å²) in [6.45, 7) is 4.13. The van der Waals surface area contributed by atoms with E-state index in [0.717, 1.165) is 11.1 Å². The number of rotatable bonds is 16. The van der Waals surface area contributed by atoms with Crippen molar-refractivity contribution in [2.45, 2.75) is 58.1 Å². The Morgan fingerprint density at radius 2 is 1.48 bits per heavy atom. The molecule has 0 aliphatic carbocycles. The third kappa shape index (κ3) is 10.1. The second kappa shape index (κ2) is 17.0. The number of ether oxygens (including phenoxy) is 1. The van der Waals surface area contributed by atoms with Gasteiger partial charge in [-0.05, 0) is 54.9 Å². The highest BCUT2D eigenvalue weighted by Gasteiger charge is 2.46. The number of hydrogen-bond acceptors (Lipinski definition) is 5. The number of amides is 3. The molecule has 0 aliphatic heterocycles. The molecule has 0 aliphatic rings. The van der Waals surface area contributed by atoms with Gasteiger partial charge in [0.25, 0.3) is 0 Å². The van der Waals surface area contributed by atoms with E-state index in [2.05, 4.69) is 10.6 Å². The lowest BCUT2D eigenvalue weighted by molar-refractivity contribution is -0.145. The van der Waals surface area contributed by atoms with Gasteiger partial charge in [-0.25, -0.2) is 4.79 Å². The normalized spacial score (nSPS) is 12.4. The topological polar surface area (TPSA) is 105 Å². The maximum Gasteiger partial charge on any atom is 0.407 e. The third-order valence-corrected chi connectivity index (χ3v) is 7.34. The molecule has 8 nitrogen and oxygen atoms in total. The van der Waals surface area contributed by atoms with Crippen molar-refractivity contribution in [2.75, 3.05) is 18.1 Å². The molecule has 0 bridgehead atoms. The van der Waals surface area contributed by atoms with Crippen LogP contribution in [0.2, 0.25) is 0 Å². The first-order valence-electron chi connectivity index (χ1n) is 14.3. The zero-order valence-electron chi connectivity index (χ0n) is 24.3. The quantitative estimate of drug-likeness (QED) is 0.178. The van der Waals surface area contributed by atoms with Gasteiger partial charge in [-0.2, -0.15) is 0 Å². The number of nitrogens with zero attached hydrogens (tertiary/aromatic N) is 1. The highest BCUT2D eigenvalue weighted by atomic mass is 31.1. The van der Waals surface area contributed by atoms with Crippen LogP contribution < -0.4 is 10.6 Å². The predicted molar refractivity (Wildman–Crippen MR) is 165 cm³/mol. The molecule has 3 rings (SSSR count). The Morgan fingerprint density at radius 3 is 2.07 bits per heavy atom. The van der Waals surface area contributed by atoms with Crippen molar-refractivity contribution in [1.29, 1.82) is 0 Å². The van der Waals surface area contributed by atoms with Gasteiger partial charge < -0.3 is 20.3 Å². The summed E-state index contributed by atoms with van der Waals surface area (Å²) in [6.07, 6.45) is 1.14. The van der Waals surface area contributed by atoms with E-state index in [1.165, 1.54) is 4.90 Å². The highest BCUT2D eigenvalue weighted by Crippen LogP contribution is 2.32. The standard InChI is InChI=1S/C33H40N3O5P/c1-26(2)23-33(31(38)35-29-18-10-5-11-19-29,21-22-34-32(39)41-24-28-15-8-4-9-16-28)36(25-42-40)30(37)20-12-17-27-13-6-3-7-14-27/h3-11,13-16,18-19,26H,12,17,20-25H2,1-2H3,(H,34,39)(H,35,38)/t33-/m0/s1. The molecule has 3 aromatic carbocycles. The molecule has 0 heterocycles. The van der Waals surface area contributed by atoms with E-state index < -0.39 is 11.6 Å².